The zero-order valence-corrected chi connectivity index (χ0v) is 26.7. The summed E-state index contributed by atoms with van der Waals surface area (Å²) >= 11 is 3.68. The van der Waals surface area contributed by atoms with E-state index in [1.807, 2.05) is 22.7 Å². The van der Waals surface area contributed by atoms with Crippen molar-refractivity contribution >= 4 is 93.5 Å². The Labute approximate surface area is 274 Å². The zero-order chi connectivity index (χ0) is 30.8. The summed E-state index contributed by atoms with van der Waals surface area (Å²) in [5, 5.41) is 6.31. The average Bonchev–Trinajstić information content (AvgIpc) is 3.77. The predicted octanol–water partition coefficient (Wildman–Crippen LogP) is 12.4. The van der Waals surface area contributed by atoms with Gasteiger partial charge in [-0.2, -0.15) is 0 Å². The van der Waals surface area contributed by atoms with E-state index in [4.69, 9.17) is 4.99 Å². The van der Waals surface area contributed by atoms with Gasteiger partial charge in [0.2, 0.25) is 0 Å². The Balaban J connectivity index is 1.51. The molecule has 0 aliphatic heterocycles. The van der Waals surface area contributed by atoms with E-state index in [2.05, 4.69) is 151 Å². The molecule has 0 fully saturated rings. The second kappa shape index (κ2) is 10.6. The van der Waals surface area contributed by atoms with Gasteiger partial charge in [0.25, 0.3) is 0 Å². The highest BCUT2D eigenvalue weighted by Crippen LogP contribution is 2.53. The SMILES string of the molecule is C=N/C=N\c1c(C)sc2c1c1sc3ccccc3c1c1c3ccccc3n(-c3cc(-c4ccccc4)cc(-c4ccccc4)c3)c21. The Morgan fingerprint density at radius 3 is 1.93 bits per heavy atom. The van der Waals surface area contributed by atoms with Crippen molar-refractivity contribution in [3.8, 4) is 27.9 Å². The quantitative estimate of drug-likeness (QED) is 0.135. The van der Waals surface area contributed by atoms with Crippen LogP contribution in [-0.4, -0.2) is 17.6 Å². The zero-order valence-electron chi connectivity index (χ0n) is 25.1. The Morgan fingerprint density at radius 1 is 0.609 bits per heavy atom. The highest BCUT2D eigenvalue weighted by molar-refractivity contribution is 7.28. The first-order valence-corrected chi connectivity index (χ1v) is 16.9. The molecule has 0 atom stereocenters. The number of nitrogens with zero attached hydrogens (tertiary/aromatic N) is 3. The summed E-state index contributed by atoms with van der Waals surface area (Å²) in [4.78, 5) is 10.0. The highest BCUT2D eigenvalue weighted by Gasteiger charge is 2.25. The average molecular weight is 626 g/mol. The van der Waals surface area contributed by atoms with Crippen molar-refractivity contribution in [1.29, 1.82) is 0 Å². The lowest BCUT2D eigenvalue weighted by Gasteiger charge is -2.14. The summed E-state index contributed by atoms with van der Waals surface area (Å²) in [5.41, 5.74) is 9.28. The van der Waals surface area contributed by atoms with E-state index in [1.165, 1.54) is 79.2 Å². The second-order valence-electron chi connectivity index (χ2n) is 11.5. The molecule has 0 unspecified atom stereocenters. The largest absolute Gasteiger partial charge is 0.308 e. The van der Waals surface area contributed by atoms with E-state index in [9.17, 15) is 0 Å². The second-order valence-corrected chi connectivity index (χ2v) is 13.8. The van der Waals surface area contributed by atoms with Gasteiger partial charge in [-0.25, -0.2) is 4.99 Å². The first-order chi connectivity index (χ1) is 22.7. The van der Waals surface area contributed by atoms with Crippen LogP contribution in [0.1, 0.15) is 4.88 Å². The molecular formula is C41H27N3S2. The summed E-state index contributed by atoms with van der Waals surface area (Å²) in [6.07, 6.45) is 1.57. The summed E-state index contributed by atoms with van der Waals surface area (Å²) in [6.45, 7) is 5.84. The number of aliphatic imine (C=N–C) groups is 2. The molecule has 3 nitrogen and oxygen atoms in total. The minimum Gasteiger partial charge on any atom is -0.308 e. The number of para-hydroxylation sites is 1. The van der Waals surface area contributed by atoms with Crippen LogP contribution in [0.3, 0.4) is 0 Å². The highest BCUT2D eigenvalue weighted by atomic mass is 32.1. The topological polar surface area (TPSA) is 29.6 Å². The number of fused-ring (bicyclic) bond motifs is 10. The maximum atomic E-state index is 4.86. The van der Waals surface area contributed by atoms with Crippen LogP contribution in [0.15, 0.2) is 137 Å². The molecule has 0 radical (unpaired) electrons. The lowest BCUT2D eigenvalue weighted by atomic mass is 9.98. The normalized spacial score (nSPS) is 12.0. The van der Waals surface area contributed by atoms with Crippen LogP contribution in [0.2, 0.25) is 0 Å². The number of aryl methyl sites for hydroxylation is 1. The third-order valence-corrected chi connectivity index (χ3v) is 11.2. The molecule has 0 bridgehead atoms. The molecule has 0 aliphatic carbocycles. The van der Waals surface area contributed by atoms with Gasteiger partial charge in [-0.15, -0.1) is 22.7 Å². The van der Waals surface area contributed by atoms with E-state index in [0.29, 0.717) is 0 Å². The Hall–Kier alpha value is -5.36. The minimum absolute atomic E-state index is 0.977. The van der Waals surface area contributed by atoms with Crippen molar-refractivity contribution in [1.82, 2.24) is 4.57 Å². The van der Waals surface area contributed by atoms with E-state index in [-0.39, 0.29) is 0 Å². The smallest absolute Gasteiger partial charge is 0.115 e. The standard InChI is InChI=1S/C41H27N3S2/c1-25-38(43-24-42-2)37-40-36(32-18-10-12-20-34(32)46-40)35-31-17-9-11-19-33(31)44(39(35)41(37)45-25)30-22-28(26-13-5-3-6-14-26)21-29(23-30)27-15-7-4-8-16-27/h3-24H,2H2,1H3/b43-24-. The monoisotopic (exact) mass is 625 g/mol. The third-order valence-electron chi connectivity index (χ3n) is 8.87. The van der Waals surface area contributed by atoms with E-state index in [1.54, 1.807) is 6.34 Å². The molecular weight excluding hydrogens is 599 g/mol. The molecule has 0 aliphatic rings. The molecule has 0 saturated carbocycles. The summed E-state index contributed by atoms with van der Waals surface area (Å²) in [5.74, 6) is 0. The summed E-state index contributed by atoms with van der Waals surface area (Å²) < 4.78 is 6.29. The molecule has 5 heteroatoms. The summed E-state index contributed by atoms with van der Waals surface area (Å²) in [6, 6.07) is 46.0. The Kier molecular flexibility index (Phi) is 6.23. The van der Waals surface area contributed by atoms with Crippen molar-refractivity contribution in [3.05, 3.63) is 132 Å². The minimum atomic E-state index is 0.977. The van der Waals surface area contributed by atoms with Crippen molar-refractivity contribution in [2.75, 3.05) is 0 Å². The molecule has 0 saturated heterocycles. The van der Waals surface area contributed by atoms with Crippen LogP contribution >= 0.6 is 22.7 Å². The maximum Gasteiger partial charge on any atom is 0.115 e. The van der Waals surface area contributed by atoms with Gasteiger partial charge in [-0.05, 0) is 66.2 Å². The number of benzene rings is 6. The van der Waals surface area contributed by atoms with Crippen LogP contribution in [0.4, 0.5) is 5.69 Å². The van der Waals surface area contributed by atoms with Gasteiger partial charge in [0, 0.05) is 46.9 Å². The van der Waals surface area contributed by atoms with Gasteiger partial charge in [-0.3, -0.25) is 4.99 Å². The van der Waals surface area contributed by atoms with Crippen LogP contribution in [0, 0.1) is 6.92 Å². The molecule has 0 spiro atoms. The maximum absolute atomic E-state index is 4.86. The fourth-order valence-electron chi connectivity index (χ4n) is 6.95. The lowest BCUT2D eigenvalue weighted by Crippen LogP contribution is -1.96. The molecule has 218 valence electrons. The molecule has 46 heavy (non-hydrogen) atoms. The number of rotatable bonds is 5. The first kappa shape index (κ1) is 27.0. The van der Waals surface area contributed by atoms with Crippen LogP contribution in [0.25, 0.3) is 80.0 Å². The van der Waals surface area contributed by atoms with Crippen LogP contribution in [-0.2, 0) is 0 Å². The van der Waals surface area contributed by atoms with Crippen molar-refractivity contribution in [2.24, 2.45) is 9.98 Å². The molecule has 3 aromatic heterocycles. The van der Waals surface area contributed by atoms with Crippen molar-refractivity contribution < 1.29 is 0 Å². The molecule has 6 aromatic carbocycles. The van der Waals surface area contributed by atoms with Crippen LogP contribution in [0.5, 0.6) is 0 Å². The lowest BCUT2D eigenvalue weighted by molar-refractivity contribution is 1.19. The van der Waals surface area contributed by atoms with E-state index < -0.39 is 0 Å². The van der Waals surface area contributed by atoms with Crippen LogP contribution < -0.4 is 0 Å². The molecule has 0 N–H and O–H groups in total. The molecule has 0 amide bonds. The van der Waals surface area contributed by atoms with Gasteiger partial charge in [0.1, 0.15) is 6.34 Å². The number of aromatic nitrogens is 1. The molecule has 3 heterocycles. The van der Waals surface area contributed by atoms with E-state index in [0.717, 1.165) is 11.4 Å². The fraction of sp³-hybridized carbons (Fsp3) is 0.0244. The Morgan fingerprint density at radius 2 is 1.24 bits per heavy atom. The first-order valence-electron chi connectivity index (χ1n) is 15.3. The summed E-state index contributed by atoms with van der Waals surface area (Å²) in [7, 11) is 0. The fourth-order valence-corrected chi connectivity index (χ4v) is 9.42. The number of hydrogen-bond donors (Lipinski definition) is 0. The van der Waals surface area contributed by atoms with Crippen molar-refractivity contribution in [2.45, 2.75) is 6.92 Å². The molecule has 9 aromatic rings. The van der Waals surface area contributed by atoms with Gasteiger partial charge in [-0.1, -0.05) is 97.1 Å². The predicted molar refractivity (Wildman–Crippen MR) is 202 cm³/mol. The third kappa shape index (κ3) is 4.02. The number of hydrogen-bond acceptors (Lipinski definition) is 3. The van der Waals surface area contributed by atoms with E-state index >= 15 is 0 Å². The van der Waals surface area contributed by atoms with Crippen molar-refractivity contribution in [3.63, 3.8) is 0 Å². The molecule has 9 rings (SSSR count). The van der Waals surface area contributed by atoms with Gasteiger partial charge < -0.3 is 4.57 Å². The van der Waals surface area contributed by atoms with Gasteiger partial charge in [0.15, 0.2) is 0 Å². The van der Waals surface area contributed by atoms with Gasteiger partial charge in [0.05, 0.1) is 21.4 Å². The Bertz CT molecular complexity index is 2600. The number of thiophene rings is 2. The van der Waals surface area contributed by atoms with Gasteiger partial charge >= 0.3 is 0 Å².